The maximum Gasteiger partial charge on any atom is -0.00464 e. The maximum atomic E-state index is 2.54. The van der Waals surface area contributed by atoms with Crippen LogP contribution in [0.3, 0.4) is 0 Å². The van der Waals surface area contributed by atoms with Gasteiger partial charge < -0.3 is 0 Å². The lowest BCUT2D eigenvalue weighted by Gasteiger charge is -2.42. The Labute approximate surface area is 132 Å². The third-order valence-electron chi connectivity index (χ3n) is 6.17. The quantitative estimate of drug-likeness (QED) is 0.563. The fourth-order valence-corrected chi connectivity index (χ4v) is 3.92. The first-order valence-electron chi connectivity index (χ1n) is 8.82. The minimum Gasteiger partial charge on any atom is -0.0683 e. The summed E-state index contributed by atoms with van der Waals surface area (Å²) < 4.78 is 0. The highest BCUT2D eigenvalue weighted by Gasteiger charge is 2.48. The second-order valence-electron chi connectivity index (χ2n) is 8.55. The van der Waals surface area contributed by atoms with Gasteiger partial charge in [0.2, 0.25) is 0 Å². The van der Waals surface area contributed by atoms with E-state index in [0.717, 1.165) is 5.92 Å². The van der Waals surface area contributed by atoms with Gasteiger partial charge in [-0.3, -0.25) is 0 Å². The minimum atomic E-state index is 0.343. The molecule has 0 aromatic heterocycles. The molecule has 1 aromatic carbocycles. The van der Waals surface area contributed by atoms with E-state index in [2.05, 4.69) is 59.7 Å². The molecule has 0 unspecified atom stereocenters. The molecule has 0 bridgehead atoms. The van der Waals surface area contributed by atoms with Crippen molar-refractivity contribution in [3.05, 3.63) is 34.9 Å². The molecule has 3 rings (SSSR count). The fourth-order valence-electron chi connectivity index (χ4n) is 3.92. The average Bonchev–Trinajstić information content (AvgIpc) is 3.06. The van der Waals surface area contributed by atoms with Crippen LogP contribution in [0.1, 0.15) is 91.3 Å². The van der Waals surface area contributed by atoms with Crippen molar-refractivity contribution in [1.82, 2.24) is 0 Å². The van der Waals surface area contributed by atoms with Gasteiger partial charge in [-0.15, -0.1) is 0 Å². The molecule has 1 aromatic rings. The van der Waals surface area contributed by atoms with Gasteiger partial charge in [0.1, 0.15) is 0 Å². The summed E-state index contributed by atoms with van der Waals surface area (Å²) in [6.07, 6.45) is 3.97. The molecule has 0 amide bonds. The normalized spacial score (nSPS) is 31.7. The molecule has 21 heavy (non-hydrogen) atoms. The molecule has 0 heteroatoms. The van der Waals surface area contributed by atoms with Crippen molar-refractivity contribution in [1.29, 1.82) is 0 Å². The molecule has 0 radical (unpaired) electrons. The van der Waals surface area contributed by atoms with Gasteiger partial charge in [-0.1, -0.05) is 73.6 Å². The molecule has 0 saturated heterocycles. The molecule has 1 saturated carbocycles. The molecule has 0 aliphatic heterocycles. The third-order valence-corrected chi connectivity index (χ3v) is 6.17. The first kappa shape index (κ1) is 16.6. The summed E-state index contributed by atoms with van der Waals surface area (Å²) in [7, 11) is 0. The Bertz CT molecular complexity index is 521. The first-order valence-corrected chi connectivity index (χ1v) is 8.82. The monoisotopic (exact) mass is 286 g/mol. The Morgan fingerprint density at radius 3 is 1.81 bits per heavy atom. The van der Waals surface area contributed by atoms with Crippen LogP contribution >= 0.6 is 0 Å². The summed E-state index contributed by atoms with van der Waals surface area (Å²) >= 11 is 0. The second-order valence-corrected chi connectivity index (χ2v) is 8.55. The van der Waals surface area contributed by atoms with Crippen LogP contribution in [0.4, 0.5) is 0 Å². The van der Waals surface area contributed by atoms with Crippen LogP contribution in [-0.4, -0.2) is 0 Å². The number of hydrogen-bond acceptors (Lipinski definition) is 0. The topological polar surface area (TPSA) is 0 Å². The van der Waals surface area contributed by atoms with Crippen LogP contribution < -0.4 is 0 Å². The number of fused-ring (bicyclic) bond motifs is 1. The van der Waals surface area contributed by atoms with Crippen molar-refractivity contribution < 1.29 is 0 Å². The van der Waals surface area contributed by atoms with Gasteiger partial charge in [0.25, 0.3) is 0 Å². The molecule has 2 aliphatic carbocycles. The highest BCUT2D eigenvalue weighted by molar-refractivity contribution is 5.46. The van der Waals surface area contributed by atoms with Crippen LogP contribution in [0.2, 0.25) is 0 Å². The van der Waals surface area contributed by atoms with E-state index in [-0.39, 0.29) is 0 Å². The lowest BCUT2D eigenvalue weighted by atomic mass is 9.62. The summed E-state index contributed by atoms with van der Waals surface area (Å²) in [5.41, 5.74) is 5.91. The average molecular weight is 287 g/mol. The second kappa shape index (κ2) is 5.14. The fraction of sp³-hybridized carbons (Fsp3) is 0.714. The van der Waals surface area contributed by atoms with Gasteiger partial charge in [0.05, 0.1) is 0 Å². The highest BCUT2D eigenvalue weighted by atomic mass is 14.5. The Morgan fingerprint density at radius 1 is 0.857 bits per heavy atom. The van der Waals surface area contributed by atoms with Crippen LogP contribution in [0.25, 0.3) is 0 Å². The van der Waals surface area contributed by atoms with Gasteiger partial charge in [-0.25, -0.2) is 0 Å². The summed E-state index contributed by atoms with van der Waals surface area (Å²) in [4.78, 5) is 0. The summed E-state index contributed by atoms with van der Waals surface area (Å²) in [6.45, 7) is 18.5. The molecular weight excluding hydrogens is 252 g/mol. The highest BCUT2D eigenvalue weighted by Crippen LogP contribution is 2.55. The van der Waals surface area contributed by atoms with E-state index in [1.807, 2.05) is 13.8 Å². The van der Waals surface area contributed by atoms with E-state index in [9.17, 15) is 0 Å². The predicted molar refractivity (Wildman–Crippen MR) is 94.2 cm³/mol. The van der Waals surface area contributed by atoms with Crippen molar-refractivity contribution >= 4 is 0 Å². The number of hydrogen-bond donors (Lipinski definition) is 0. The van der Waals surface area contributed by atoms with Crippen LogP contribution in [0.5, 0.6) is 0 Å². The Balaban J connectivity index is 0.000000774. The van der Waals surface area contributed by atoms with Gasteiger partial charge in [-0.05, 0) is 58.1 Å². The van der Waals surface area contributed by atoms with Crippen LogP contribution in [0, 0.1) is 5.92 Å². The summed E-state index contributed by atoms with van der Waals surface area (Å²) in [5, 5.41) is 0. The molecule has 2 atom stereocenters. The predicted octanol–water partition coefficient (Wildman–Crippen LogP) is 6.36. The zero-order chi connectivity index (χ0) is 16.1. The first-order chi connectivity index (χ1) is 9.67. The van der Waals surface area contributed by atoms with Gasteiger partial charge in [0.15, 0.2) is 0 Å². The van der Waals surface area contributed by atoms with Crippen LogP contribution in [-0.2, 0) is 16.2 Å². The zero-order valence-electron chi connectivity index (χ0n) is 15.4. The minimum absolute atomic E-state index is 0.343. The Morgan fingerprint density at radius 2 is 1.33 bits per heavy atom. The van der Waals surface area contributed by atoms with Crippen molar-refractivity contribution in [2.24, 2.45) is 5.92 Å². The Kier molecular flexibility index (Phi) is 4.06. The molecule has 0 heterocycles. The molecular formula is C21H34. The van der Waals surface area contributed by atoms with Crippen molar-refractivity contribution in [3.63, 3.8) is 0 Å². The molecule has 2 aliphatic rings. The third kappa shape index (κ3) is 2.67. The van der Waals surface area contributed by atoms with E-state index in [1.165, 1.54) is 19.3 Å². The Hall–Kier alpha value is -0.780. The molecule has 118 valence electrons. The van der Waals surface area contributed by atoms with Crippen molar-refractivity contribution in [2.45, 2.75) is 90.9 Å². The number of rotatable bonds is 1. The molecule has 0 N–H and O–H groups in total. The van der Waals surface area contributed by atoms with Gasteiger partial charge >= 0.3 is 0 Å². The summed E-state index contributed by atoms with van der Waals surface area (Å²) in [6, 6.07) is 7.38. The van der Waals surface area contributed by atoms with E-state index in [0.29, 0.717) is 16.2 Å². The van der Waals surface area contributed by atoms with E-state index in [4.69, 9.17) is 0 Å². The lowest BCUT2D eigenvalue weighted by Crippen LogP contribution is -2.34. The van der Waals surface area contributed by atoms with E-state index < -0.39 is 0 Å². The SMILES string of the molecule is CC.C[C@H]1C[C@@]1(C)c1ccc2c(c1)C(C)(C)CCC2(C)C. The van der Waals surface area contributed by atoms with Crippen molar-refractivity contribution in [3.8, 4) is 0 Å². The smallest absolute Gasteiger partial charge is 0.00464 e. The molecule has 0 nitrogen and oxygen atoms in total. The van der Waals surface area contributed by atoms with Crippen LogP contribution in [0.15, 0.2) is 18.2 Å². The lowest BCUT2D eigenvalue weighted by molar-refractivity contribution is 0.331. The molecule has 0 spiro atoms. The maximum absolute atomic E-state index is 2.54. The van der Waals surface area contributed by atoms with Gasteiger partial charge in [0, 0.05) is 0 Å². The standard InChI is InChI=1S/C19H28.C2H6/c1-13-12-19(13,6)14-7-8-15-16(11-14)18(4,5)10-9-17(15,2)3;1-2/h7-8,11,13H,9-10,12H2,1-6H3;1-2H3/t13-,19+;/m0./s1. The van der Waals surface area contributed by atoms with E-state index in [1.54, 1.807) is 16.7 Å². The molecule has 1 fully saturated rings. The van der Waals surface area contributed by atoms with Gasteiger partial charge in [-0.2, -0.15) is 0 Å². The number of benzene rings is 1. The summed E-state index contributed by atoms with van der Waals surface area (Å²) in [5.74, 6) is 0.852. The largest absolute Gasteiger partial charge is 0.0683 e. The van der Waals surface area contributed by atoms with E-state index >= 15 is 0 Å². The van der Waals surface area contributed by atoms with Crippen molar-refractivity contribution in [2.75, 3.05) is 0 Å². The zero-order valence-corrected chi connectivity index (χ0v) is 15.4.